The highest BCUT2D eigenvalue weighted by Gasteiger charge is 2.45. The first kappa shape index (κ1) is 19.6. The number of carbonyl (C=O) groups is 1. The van der Waals surface area contributed by atoms with E-state index in [0.717, 1.165) is 51.9 Å². The van der Waals surface area contributed by atoms with Crippen LogP contribution >= 0.6 is 22.7 Å². The maximum absolute atomic E-state index is 12.7. The van der Waals surface area contributed by atoms with Gasteiger partial charge in [0.15, 0.2) is 5.13 Å². The first-order valence-corrected chi connectivity index (χ1v) is 11.8. The van der Waals surface area contributed by atoms with Gasteiger partial charge in [-0.1, -0.05) is 11.3 Å². The second-order valence-corrected chi connectivity index (χ2v) is 10.7. The number of fused-ring (bicyclic) bond motifs is 3. The molecule has 2 unspecified atom stereocenters. The van der Waals surface area contributed by atoms with Crippen molar-refractivity contribution in [3.63, 3.8) is 0 Å². The molecular formula is C21H24N4O3S2. The zero-order chi connectivity index (χ0) is 21.0. The molecule has 30 heavy (non-hydrogen) atoms. The molecule has 0 spiro atoms. The van der Waals surface area contributed by atoms with Crippen molar-refractivity contribution in [2.45, 2.75) is 51.3 Å². The Kier molecular flexibility index (Phi) is 4.62. The molecule has 2 aliphatic heterocycles. The van der Waals surface area contributed by atoms with Gasteiger partial charge in [-0.15, -0.1) is 11.3 Å². The van der Waals surface area contributed by atoms with Crippen molar-refractivity contribution < 1.29 is 14.6 Å². The van der Waals surface area contributed by atoms with Crippen LogP contribution in [0, 0.1) is 0 Å². The van der Waals surface area contributed by atoms with Gasteiger partial charge in [0, 0.05) is 30.2 Å². The fourth-order valence-electron chi connectivity index (χ4n) is 4.32. The van der Waals surface area contributed by atoms with Crippen molar-refractivity contribution in [2.75, 3.05) is 18.0 Å². The zero-order valence-corrected chi connectivity index (χ0v) is 18.8. The molecule has 158 valence electrons. The van der Waals surface area contributed by atoms with Crippen LogP contribution in [0.1, 0.15) is 33.6 Å². The van der Waals surface area contributed by atoms with E-state index in [9.17, 15) is 9.90 Å². The van der Waals surface area contributed by atoms with Crippen LogP contribution < -0.4 is 4.90 Å². The van der Waals surface area contributed by atoms with Crippen molar-refractivity contribution in [3.8, 4) is 16.3 Å². The summed E-state index contributed by atoms with van der Waals surface area (Å²) in [4.78, 5) is 26.2. The van der Waals surface area contributed by atoms with Crippen LogP contribution in [-0.4, -0.2) is 56.8 Å². The molecule has 1 aromatic carbocycles. The molecule has 2 saturated heterocycles. The number of amides is 1. The number of benzene rings is 1. The molecule has 0 radical (unpaired) electrons. The third-order valence-electron chi connectivity index (χ3n) is 5.53. The predicted molar refractivity (Wildman–Crippen MR) is 119 cm³/mol. The van der Waals surface area contributed by atoms with E-state index in [-0.39, 0.29) is 23.9 Å². The van der Waals surface area contributed by atoms with Gasteiger partial charge in [0.25, 0.3) is 0 Å². The minimum atomic E-state index is -0.496. The zero-order valence-electron chi connectivity index (χ0n) is 17.2. The highest BCUT2D eigenvalue weighted by molar-refractivity contribution is 7.22. The highest BCUT2D eigenvalue weighted by atomic mass is 32.1. The number of hydrogen-bond acceptors (Lipinski definition) is 8. The van der Waals surface area contributed by atoms with E-state index in [1.165, 1.54) is 11.3 Å². The van der Waals surface area contributed by atoms with E-state index in [4.69, 9.17) is 9.72 Å². The molecule has 7 nitrogen and oxygen atoms in total. The number of ether oxygens (including phenoxy) is 1. The molecule has 2 bridgehead atoms. The number of aromatic hydroxyl groups is 1. The first-order chi connectivity index (χ1) is 14.3. The molecule has 2 aliphatic rings. The lowest BCUT2D eigenvalue weighted by molar-refractivity contribution is 0.0123. The third kappa shape index (κ3) is 3.39. The summed E-state index contributed by atoms with van der Waals surface area (Å²) in [6.45, 7) is 7.15. The molecule has 3 aromatic rings. The first-order valence-electron chi connectivity index (χ1n) is 10.1. The fraction of sp³-hybridized carbons (Fsp3) is 0.476. The Bertz CT molecular complexity index is 1080. The topological polar surface area (TPSA) is 78.8 Å². The predicted octanol–water partition coefficient (Wildman–Crippen LogP) is 4.71. The van der Waals surface area contributed by atoms with Crippen molar-refractivity contribution in [1.82, 2.24) is 14.9 Å². The average molecular weight is 445 g/mol. The summed E-state index contributed by atoms with van der Waals surface area (Å²) in [6.07, 6.45) is 3.50. The molecule has 9 heteroatoms. The minimum Gasteiger partial charge on any atom is -0.506 e. The van der Waals surface area contributed by atoms with E-state index in [0.29, 0.717) is 0 Å². The van der Waals surface area contributed by atoms with Crippen LogP contribution in [0.15, 0.2) is 23.7 Å². The van der Waals surface area contributed by atoms with Crippen molar-refractivity contribution in [3.05, 3.63) is 23.7 Å². The number of carbonyl (C=O) groups excluding carboxylic acids is 1. The third-order valence-corrected chi connectivity index (χ3v) is 7.48. The number of anilines is 1. The van der Waals surface area contributed by atoms with Crippen LogP contribution in [-0.2, 0) is 4.74 Å². The van der Waals surface area contributed by atoms with Crippen LogP contribution in [0.5, 0.6) is 5.75 Å². The Balaban J connectivity index is 1.43. The normalized spacial score (nSPS) is 21.4. The Morgan fingerprint density at radius 3 is 2.60 bits per heavy atom. The van der Waals surface area contributed by atoms with Crippen molar-refractivity contribution >= 4 is 44.1 Å². The van der Waals surface area contributed by atoms with E-state index in [2.05, 4.69) is 9.88 Å². The lowest BCUT2D eigenvalue weighted by Gasteiger charge is -2.41. The maximum Gasteiger partial charge on any atom is 0.410 e. The van der Waals surface area contributed by atoms with E-state index < -0.39 is 5.60 Å². The molecule has 2 atom stereocenters. The van der Waals surface area contributed by atoms with Gasteiger partial charge in [0.1, 0.15) is 16.4 Å². The summed E-state index contributed by atoms with van der Waals surface area (Å²) in [5.74, 6) is 0.240. The van der Waals surface area contributed by atoms with E-state index >= 15 is 0 Å². The van der Waals surface area contributed by atoms with Gasteiger partial charge in [-0.05, 0) is 45.7 Å². The lowest BCUT2D eigenvalue weighted by Crippen LogP contribution is -2.56. The quantitative estimate of drug-likeness (QED) is 0.617. The highest BCUT2D eigenvalue weighted by Crippen LogP contribution is 2.42. The number of hydrogen-bond donors (Lipinski definition) is 1. The van der Waals surface area contributed by atoms with Crippen LogP contribution in [0.4, 0.5) is 9.93 Å². The molecule has 0 saturated carbocycles. The SMILES string of the molecule is CC(C)(C)OC(=O)N1C2CCC1CN(c1nc3c(-c4nccs4)ccc(O)c3s1)C2. The van der Waals surface area contributed by atoms with Gasteiger partial charge in [0.05, 0.1) is 22.3 Å². The monoisotopic (exact) mass is 444 g/mol. The summed E-state index contributed by atoms with van der Waals surface area (Å²) in [6, 6.07) is 3.84. The molecule has 2 aromatic heterocycles. The number of rotatable bonds is 2. The molecule has 1 amide bonds. The van der Waals surface area contributed by atoms with Crippen LogP contribution in [0.2, 0.25) is 0 Å². The Labute approximate surface area is 182 Å². The van der Waals surface area contributed by atoms with Crippen LogP contribution in [0.3, 0.4) is 0 Å². The molecule has 0 aliphatic carbocycles. The average Bonchev–Trinajstić information content (AvgIpc) is 3.39. The van der Waals surface area contributed by atoms with Gasteiger partial charge in [-0.25, -0.2) is 14.8 Å². The van der Waals surface area contributed by atoms with Gasteiger partial charge >= 0.3 is 6.09 Å². The number of aromatic nitrogens is 2. The summed E-state index contributed by atoms with van der Waals surface area (Å²) >= 11 is 3.06. The summed E-state index contributed by atoms with van der Waals surface area (Å²) in [7, 11) is 0. The van der Waals surface area contributed by atoms with E-state index in [1.807, 2.05) is 37.1 Å². The minimum absolute atomic E-state index is 0.123. The van der Waals surface area contributed by atoms with Gasteiger partial charge in [0.2, 0.25) is 0 Å². The van der Waals surface area contributed by atoms with Crippen molar-refractivity contribution in [1.29, 1.82) is 0 Å². The number of phenolic OH excluding ortho intramolecular Hbond substituents is 1. The Morgan fingerprint density at radius 1 is 1.23 bits per heavy atom. The maximum atomic E-state index is 12.7. The number of thiazole rings is 2. The largest absolute Gasteiger partial charge is 0.506 e. The van der Waals surface area contributed by atoms with Crippen molar-refractivity contribution in [2.24, 2.45) is 0 Å². The molecule has 5 rings (SSSR count). The van der Waals surface area contributed by atoms with Crippen LogP contribution in [0.25, 0.3) is 20.8 Å². The van der Waals surface area contributed by atoms with Gasteiger partial charge in [-0.3, -0.25) is 4.90 Å². The second kappa shape index (κ2) is 7.09. The summed E-state index contributed by atoms with van der Waals surface area (Å²) in [5.41, 5.74) is 1.23. The number of piperazine rings is 1. The lowest BCUT2D eigenvalue weighted by atomic mass is 10.2. The second-order valence-electron chi connectivity index (χ2n) is 8.82. The van der Waals surface area contributed by atoms with E-state index in [1.54, 1.807) is 23.6 Å². The van der Waals surface area contributed by atoms with Gasteiger partial charge in [-0.2, -0.15) is 0 Å². The smallest absolute Gasteiger partial charge is 0.410 e. The Morgan fingerprint density at radius 2 is 1.97 bits per heavy atom. The standard InChI is InChI=1S/C21H24N4O3S2/c1-21(2,3)28-20(27)25-12-4-5-13(25)11-24(10-12)19-23-16-14(18-22-8-9-29-18)6-7-15(26)17(16)30-19/h6-9,12-13,26H,4-5,10-11H2,1-3H3. The number of nitrogens with zero attached hydrogens (tertiary/aromatic N) is 4. The molecule has 1 N–H and O–H groups in total. The summed E-state index contributed by atoms with van der Waals surface area (Å²) in [5, 5.41) is 14.1. The Hall–Kier alpha value is -2.39. The molecular weight excluding hydrogens is 420 g/mol. The molecule has 4 heterocycles. The fourth-order valence-corrected chi connectivity index (χ4v) is 6.00. The summed E-state index contributed by atoms with van der Waals surface area (Å²) < 4.78 is 6.41. The number of phenols is 1. The van der Waals surface area contributed by atoms with Gasteiger partial charge < -0.3 is 14.7 Å². The molecule has 2 fully saturated rings.